The van der Waals surface area contributed by atoms with Gasteiger partial charge in [0.1, 0.15) is 0 Å². The Balaban J connectivity index is 4.59. The molecule has 0 rings (SSSR count). The third-order valence-corrected chi connectivity index (χ3v) is 4.96. The molecule has 4 N–H and O–H groups in total. The molecule has 0 saturated heterocycles. The first-order chi connectivity index (χ1) is 6.47. The summed E-state index contributed by atoms with van der Waals surface area (Å²) in [7, 11) is -14.2. The van der Waals surface area contributed by atoms with Crippen molar-refractivity contribution in [2.24, 2.45) is 0 Å². The summed E-state index contributed by atoms with van der Waals surface area (Å²) in [4.78, 5) is 34.4. The number of hydrogen-bond donors (Lipinski definition) is 4. The van der Waals surface area contributed by atoms with Crippen LogP contribution in [0.3, 0.4) is 0 Å². The number of rotatable bonds is 6. The molecule has 92 valence electrons. The lowest BCUT2D eigenvalue weighted by Crippen LogP contribution is -1.96. The second-order valence-corrected chi connectivity index (χ2v) is 6.94. The Bertz CT molecular complexity index is 343. The van der Waals surface area contributed by atoms with Crippen molar-refractivity contribution < 1.29 is 41.8 Å². The molecule has 12 heteroatoms. The first-order valence-electron chi connectivity index (χ1n) is 3.39. The van der Waals surface area contributed by atoms with Crippen LogP contribution in [0.25, 0.3) is 0 Å². The van der Waals surface area contributed by atoms with Gasteiger partial charge >= 0.3 is 15.6 Å². The Kier molecular flexibility index (Phi) is 5.37. The molecule has 0 amide bonds. The predicted molar refractivity (Wildman–Crippen MR) is 51.9 cm³/mol. The van der Waals surface area contributed by atoms with Crippen molar-refractivity contribution >= 4 is 29.5 Å². The quantitative estimate of drug-likeness (QED) is 0.510. The summed E-state index contributed by atoms with van der Waals surface area (Å²) < 4.78 is 32.9. The van der Waals surface area contributed by atoms with E-state index >= 15 is 0 Å². The van der Waals surface area contributed by atoms with Gasteiger partial charge in [0.15, 0.2) is 0 Å². The van der Waals surface area contributed by atoms with Gasteiger partial charge in [-0.2, -0.15) is 4.31 Å². The molecule has 0 aliphatic carbocycles. The zero-order valence-corrected chi connectivity index (χ0v) is 10.3. The van der Waals surface area contributed by atoms with Crippen LogP contribution >= 0.6 is 23.2 Å². The number of hydrogen-bond acceptors (Lipinski definition) is 6. The molecule has 0 aromatic carbocycles. The third kappa shape index (κ3) is 8.30. The molecule has 2 unspecified atom stereocenters. The van der Waals surface area contributed by atoms with Gasteiger partial charge in [0.2, 0.25) is 0 Å². The molecule has 2 atom stereocenters. The van der Waals surface area contributed by atoms with E-state index in [0.29, 0.717) is 0 Å². The summed E-state index contributed by atoms with van der Waals surface area (Å²) in [5.74, 6) is 0. The molecular weight excluding hydrogens is 273 g/mol. The van der Waals surface area contributed by atoms with E-state index in [1.54, 1.807) is 0 Å². The molecule has 0 fully saturated rings. The van der Waals surface area contributed by atoms with Gasteiger partial charge in [0.05, 0.1) is 6.61 Å². The zero-order chi connectivity index (χ0) is 12.3. The molecule has 0 bridgehead atoms. The SMILES string of the molecule is C=P(O)(OCC)OP(=O)(O)OP(=O)(O)O. The second kappa shape index (κ2) is 5.21. The van der Waals surface area contributed by atoms with Gasteiger partial charge < -0.3 is 24.1 Å². The van der Waals surface area contributed by atoms with Crippen LogP contribution in [0.4, 0.5) is 0 Å². The second-order valence-electron chi connectivity index (χ2n) is 2.18. The fourth-order valence-electron chi connectivity index (χ4n) is 0.536. The van der Waals surface area contributed by atoms with Crippen LogP contribution in [0, 0.1) is 0 Å². The predicted octanol–water partition coefficient (Wildman–Crippen LogP) is 0.436. The van der Waals surface area contributed by atoms with Crippen LogP contribution in [0.2, 0.25) is 0 Å². The van der Waals surface area contributed by atoms with Crippen molar-refractivity contribution in [3.8, 4) is 0 Å². The number of phosphoric acid groups is 2. The van der Waals surface area contributed by atoms with Gasteiger partial charge in [-0.1, -0.05) is 0 Å². The summed E-state index contributed by atoms with van der Waals surface area (Å²) in [5.41, 5.74) is 0. The maximum absolute atomic E-state index is 10.9. The van der Waals surface area contributed by atoms with Gasteiger partial charge in [-0.3, -0.25) is 0 Å². The minimum Gasteiger partial charge on any atom is -0.333 e. The lowest BCUT2D eigenvalue weighted by molar-refractivity contribution is 0.206. The van der Waals surface area contributed by atoms with Crippen molar-refractivity contribution in [2.45, 2.75) is 6.92 Å². The molecule has 15 heavy (non-hydrogen) atoms. The molecule has 0 spiro atoms. The van der Waals surface area contributed by atoms with Crippen molar-refractivity contribution in [2.75, 3.05) is 6.61 Å². The molecule has 0 heterocycles. The lowest BCUT2D eigenvalue weighted by atomic mass is 10.9. The monoisotopic (exact) mass is 284 g/mol. The maximum atomic E-state index is 10.9. The van der Waals surface area contributed by atoms with E-state index in [0.717, 1.165) is 0 Å². The first-order valence-corrected chi connectivity index (χ1v) is 8.18. The Labute approximate surface area is 85.7 Å². The van der Waals surface area contributed by atoms with E-state index in [-0.39, 0.29) is 6.61 Å². The zero-order valence-electron chi connectivity index (χ0n) is 7.59. The summed E-state index contributed by atoms with van der Waals surface area (Å²) in [5, 5.41) is 0. The molecule has 0 aliphatic rings. The van der Waals surface area contributed by atoms with Crippen molar-refractivity contribution in [1.82, 2.24) is 0 Å². The Hall–Kier alpha value is 0.480. The van der Waals surface area contributed by atoms with Crippen LogP contribution in [0.15, 0.2) is 0 Å². The summed E-state index contributed by atoms with van der Waals surface area (Å²) in [6.45, 7) is 1.38. The highest BCUT2D eigenvalue weighted by Gasteiger charge is 2.36. The Morgan fingerprint density at radius 3 is 1.93 bits per heavy atom. The summed E-state index contributed by atoms with van der Waals surface area (Å²) in [6.07, 6.45) is 2.93. The van der Waals surface area contributed by atoms with Gasteiger partial charge in [0.25, 0.3) is 7.57 Å². The van der Waals surface area contributed by atoms with E-state index in [1.165, 1.54) is 6.92 Å². The van der Waals surface area contributed by atoms with E-state index < -0.39 is 23.2 Å². The van der Waals surface area contributed by atoms with E-state index in [2.05, 4.69) is 19.4 Å². The van der Waals surface area contributed by atoms with Crippen LogP contribution < -0.4 is 0 Å². The largest absolute Gasteiger partial charge is 0.487 e. The minimum atomic E-state index is -5.21. The molecule has 0 aliphatic heterocycles. The molecular formula is C3H11O9P3. The molecule has 0 aromatic heterocycles. The smallest absolute Gasteiger partial charge is 0.333 e. The molecule has 0 aromatic rings. The topological polar surface area (TPSA) is 143 Å². The summed E-state index contributed by atoms with van der Waals surface area (Å²) >= 11 is 0. The average molecular weight is 284 g/mol. The Morgan fingerprint density at radius 2 is 1.60 bits per heavy atom. The highest BCUT2D eigenvalue weighted by Crippen LogP contribution is 2.65. The summed E-state index contributed by atoms with van der Waals surface area (Å²) in [6, 6.07) is 0. The van der Waals surface area contributed by atoms with Gasteiger partial charge in [-0.05, 0) is 13.2 Å². The highest BCUT2D eigenvalue weighted by molar-refractivity contribution is 7.70. The van der Waals surface area contributed by atoms with Crippen LogP contribution in [0.1, 0.15) is 6.92 Å². The fraction of sp³-hybridized carbons (Fsp3) is 0.667. The molecule has 0 radical (unpaired) electrons. The van der Waals surface area contributed by atoms with Crippen molar-refractivity contribution in [3.63, 3.8) is 0 Å². The van der Waals surface area contributed by atoms with E-state index in [9.17, 15) is 9.13 Å². The van der Waals surface area contributed by atoms with Gasteiger partial charge in [-0.25, -0.2) is 13.4 Å². The average Bonchev–Trinajstić information content (AvgIpc) is 1.74. The Morgan fingerprint density at radius 1 is 1.13 bits per heavy atom. The fourth-order valence-corrected chi connectivity index (χ4v) is 3.88. The van der Waals surface area contributed by atoms with Gasteiger partial charge in [0, 0.05) is 0 Å². The standard InChI is InChI=1S/C3H11O9P3/c1-3-10-13(2,4)11-15(8,9)12-14(5,6)7/h4H,2-3H2,1H3,(H,8,9)(H2,5,6,7). The molecule has 0 saturated carbocycles. The first kappa shape index (κ1) is 15.5. The van der Waals surface area contributed by atoms with E-state index in [1.807, 2.05) is 0 Å². The normalized spacial score (nSPS) is 20.6. The minimum absolute atomic E-state index is 0.0658. The third-order valence-electron chi connectivity index (χ3n) is 0.771. The van der Waals surface area contributed by atoms with Crippen molar-refractivity contribution in [1.29, 1.82) is 0 Å². The van der Waals surface area contributed by atoms with Crippen LogP contribution in [-0.4, -0.2) is 32.5 Å². The van der Waals surface area contributed by atoms with Crippen LogP contribution in [-0.2, 0) is 22.3 Å². The highest BCUT2D eigenvalue weighted by atomic mass is 31.3. The van der Waals surface area contributed by atoms with Gasteiger partial charge in [-0.15, -0.1) is 0 Å². The van der Waals surface area contributed by atoms with E-state index in [4.69, 9.17) is 19.6 Å². The molecule has 9 nitrogen and oxygen atoms in total. The van der Waals surface area contributed by atoms with Crippen LogP contribution in [0.5, 0.6) is 0 Å². The lowest BCUT2D eigenvalue weighted by Gasteiger charge is -2.19. The maximum Gasteiger partial charge on any atom is 0.487 e. The van der Waals surface area contributed by atoms with Crippen molar-refractivity contribution in [3.05, 3.63) is 0 Å².